The molecule has 0 saturated carbocycles. The second-order valence-corrected chi connectivity index (χ2v) is 1.91. The van der Waals surface area contributed by atoms with Crippen LogP contribution in [0.15, 0.2) is 0 Å². The molecule has 1 heterocycles. The molecule has 0 aromatic heterocycles. The van der Waals surface area contributed by atoms with E-state index in [-0.39, 0.29) is 6.42 Å². The third-order valence-electron chi connectivity index (χ3n) is 1.12. The Morgan fingerprint density at radius 3 is 2.40 bits per heavy atom. The van der Waals surface area contributed by atoms with Crippen molar-refractivity contribution in [3.63, 3.8) is 0 Å². The summed E-state index contributed by atoms with van der Waals surface area (Å²) in [7, 11) is 0. The van der Waals surface area contributed by atoms with Gasteiger partial charge in [-0.2, -0.15) is 13.2 Å². The van der Waals surface area contributed by atoms with Crippen LogP contribution in [0.25, 0.3) is 0 Å². The van der Waals surface area contributed by atoms with Gasteiger partial charge in [-0.15, -0.1) is 0 Å². The fourth-order valence-corrected chi connectivity index (χ4v) is 0.640. The van der Waals surface area contributed by atoms with E-state index in [9.17, 15) is 18.0 Å². The van der Waals surface area contributed by atoms with Gasteiger partial charge in [-0.3, -0.25) is 4.79 Å². The maximum Gasteiger partial charge on any atom is 0.425 e. The van der Waals surface area contributed by atoms with Gasteiger partial charge in [0.2, 0.25) is 0 Å². The first kappa shape index (κ1) is 7.37. The van der Waals surface area contributed by atoms with Crippen molar-refractivity contribution in [3.8, 4) is 0 Å². The first-order valence-corrected chi connectivity index (χ1v) is 2.60. The molecule has 0 aromatic rings. The highest BCUT2D eigenvalue weighted by Crippen LogP contribution is 2.29. The molecule has 1 atom stereocenters. The minimum atomic E-state index is -4.41. The van der Waals surface area contributed by atoms with Crippen LogP contribution in [-0.2, 0) is 9.53 Å². The highest BCUT2D eigenvalue weighted by molar-refractivity contribution is 5.81. The van der Waals surface area contributed by atoms with E-state index in [1.807, 2.05) is 0 Å². The molecule has 57 valence electrons. The van der Waals surface area contributed by atoms with Crippen molar-refractivity contribution >= 4 is 5.97 Å². The van der Waals surface area contributed by atoms with Gasteiger partial charge >= 0.3 is 12.1 Å². The molecule has 1 fully saturated rings. The summed E-state index contributed by atoms with van der Waals surface area (Å²) >= 11 is 0. The molecule has 0 aliphatic carbocycles. The average Bonchev–Trinajstić information content (AvgIpc) is 2.11. The van der Waals surface area contributed by atoms with Gasteiger partial charge < -0.3 is 4.74 Å². The van der Waals surface area contributed by atoms with Crippen LogP contribution in [0, 0.1) is 6.42 Å². The van der Waals surface area contributed by atoms with Crippen LogP contribution in [0.5, 0.6) is 0 Å². The first-order chi connectivity index (χ1) is 4.50. The van der Waals surface area contributed by atoms with Gasteiger partial charge in [-0.1, -0.05) is 0 Å². The molecule has 0 aromatic carbocycles. The van der Waals surface area contributed by atoms with Crippen LogP contribution in [0.3, 0.4) is 0 Å². The molecular weight excluding hydrogens is 149 g/mol. The fourth-order valence-electron chi connectivity index (χ4n) is 0.640. The lowest BCUT2D eigenvalue weighted by molar-refractivity contribution is -0.209. The number of carbonyl (C=O) groups excluding carboxylic acids is 1. The van der Waals surface area contributed by atoms with Crippen LogP contribution in [0.1, 0.15) is 6.42 Å². The Morgan fingerprint density at radius 1 is 1.60 bits per heavy atom. The summed E-state index contributed by atoms with van der Waals surface area (Å²) in [5.74, 6) is -0.887. The first-order valence-electron chi connectivity index (χ1n) is 2.60. The van der Waals surface area contributed by atoms with Crippen molar-refractivity contribution < 1.29 is 22.7 Å². The van der Waals surface area contributed by atoms with Crippen LogP contribution >= 0.6 is 0 Å². The Kier molecular flexibility index (Phi) is 1.58. The summed E-state index contributed by atoms with van der Waals surface area (Å²) in [6.07, 6.45) is -5.80. The maximum atomic E-state index is 11.6. The van der Waals surface area contributed by atoms with E-state index in [4.69, 9.17) is 0 Å². The highest BCUT2D eigenvalue weighted by Gasteiger charge is 2.46. The summed E-state index contributed by atoms with van der Waals surface area (Å²) in [6, 6.07) is 0. The standard InChI is InChI=1S/C5H4F3O2/c6-5(7,8)3-1-2-4(9)10-3/h2-3H,1H2. The summed E-state index contributed by atoms with van der Waals surface area (Å²) in [5.41, 5.74) is 0. The van der Waals surface area contributed by atoms with Crippen LogP contribution in [0.4, 0.5) is 13.2 Å². The number of cyclic esters (lactones) is 1. The SMILES string of the molecule is O=C1[CH]CC(C(F)(F)F)O1. The number of halogens is 3. The molecule has 1 radical (unpaired) electrons. The van der Waals surface area contributed by atoms with Gasteiger partial charge in [-0.05, 0) is 0 Å². The fraction of sp³-hybridized carbons (Fsp3) is 0.600. The van der Waals surface area contributed by atoms with Crippen LogP contribution in [0.2, 0.25) is 0 Å². The van der Waals surface area contributed by atoms with Gasteiger partial charge in [0.05, 0.1) is 6.42 Å². The Hall–Kier alpha value is -0.740. The number of ether oxygens (including phenoxy) is 1. The molecule has 1 aliphatic heterocycles. The van der Waals surface area contributed by atoms with E-state index in [0.717, 1.165) is 6.42 Å². The number of hydrogen-bond acceptors (Lipinski definition) is 2. The van der Waals surface area contributed by atoms with E-state index < -0.39 is 18.2 Å². The van der Waals surface area contributed by atoms with Gasteiger partial charge in [0, 0.05) is 6.42 Å². The van der Waals surface area contributed by atoms with Crippen molar-refractivity contribution in [2.24, 2.45) is 0 Å². The Bertz CT molecular complexity index is 151. The Labute approximate surface area is 55.0 Å². The summed E-state index contributed by atoms with van der Waals surface area (Å²) in [6.45, 7) is 0. The van der Waals surface area contributed by atoms with Crippen molar-refractivity contribution in [2.45, 2.75) is 18.7 Å². The lowest BCUT2D eigenvalue weighted by atomic mass is 10.2. The van der Waals surface area contributed by atoms with E-state index in [1.54, 1.807) is 0 Å². The van der Waals surface area contributed by atoms with Crippen LogP contribution in [-0.4, -0.2) is 18.2 Å². The van der Waals surface area contributed by atoms with Crippen molar-refractivity contribution in [3.05, 3.63) is 6.42 Å². The number of alkyl halides is 3. The van der Waals surface area contributed by atoms with E-state index in [1.165, 1.54) is 0 Å². The van der Waals surface area contributed by atoms with Crippen molar-refractivity contribution in [1.82, 2.24) is 0 Å². The molecule has 10 heavy (non-hydrogen) atoms. The summed E-state index contributed by atoms with van der Waals surface area (Å²) < 4.78 is 38.8. The molecule has 1 aliphatic rings. The second-order valence-electron chi connectivity index (χ2n) is 1.91. The smallest absolute Gasteiger partial charge is 0.425 e. The van der Waals surface area contributed by atoms with Gasteiger partial charge in [0.1, 0.15) is 0 Å². The number of hydrogen-bond donors (Lipinski definition) is 0. The lowest BCUT2D eigenvalue weighted by Crippen LogP contribution is -2.27. The molecule has 0 amide bonds. The number of esters is 1. The predicted molar refractivity (Wildman–Crippen MR) is 24.9 cm³/mol. The topological polar surface area (TPSA) is 26.3 Å². The van der Waals surface area contributed by atoms with Crippen LogP contribution < -0.4 is 0 Å². The molecule has 0 N–H and O–H groups in total. The third kappa shape index (κ3) is 1.40. The Balaban J connectivity index is 2.53. The molecule has 1 rings (SSSR count). The molecule has 5 heteroatoms. The zero-order valence-electron chi connectivity index (χ0n) is 4.81. The highest BCUT2D eigenvalue weighted by atomic mass is 19.4. The van der Waals surface area contributed by atoms with E-state index >= 15 is 0 Å². The molecule has 0 spiro atoms. The van der Waals surface area contributed by atoms with Gasteiger partial charge in [0.15, 0.2) is 6.10 Å². The Morgan fingerprint density at radius 2 is 2.20 bits per heavy atom. The minimum Gasteiger partial charge on any atom is -0.452 e. The molecular formula is C5H4F3O2. The lowest BCUT2D eigenvalue weighted by Gasteiger charge is -2.11. The summed E-state index contributed by atoms with van der Waals surface area (Å²) in [5, 5.41) is 0. The largest absolute Gasteiger partial charge is 0.452 e. The zero-order chi connectivity index (χ0) is 7.78. The van der Waals surface area contributed by atoms with E-state index in [2.05, 4.69) is 4.74 Å². The van der Waals surface area contributed by atoms with Crippen molar-refractivity contribution in [2.75, 3.05) is 0 Å². The monoisotopic (exact) mass is 153 g/mol. The minimum absolute atomic E-state index is 0.359. The quantitative estimate of drug-likeness (QED) is 0.486. The number of rotatable bonds is 0. The third-order valence-corrected chi connectivity index (χ3v) is 1.12. The zero-order valence-corrected chi connectivity index (χ0v) is 4.81. The van der Waals surface area contributed by atoms with E-state index in [0.29, 0.717) is 0 Å². The average molecular weight is 153 g/mol. The molecule has 0 bridgehead atoms. The second kappa shape index (κ2) is 2.14. The molecule has 2 nitrogen and oxygen atoms in total. The number of carbonyl (C=O) groups is 1. The van der Waals surface area contributed by atoms with Gasteiger partial charge in [0.25, 0.3) is 0 Å². The normalized spacial score (nSPS) is 26.7. The predicted octanol–water partition coefficient (Wildman–Crippen LogP) is 1.07. The molecule has 1 unspecified atom stereocenters. The molecule has 1 saturated heterocycles. The summed E-state index contributed by atoms with van der Waals surface area (Å²) in [4.78, 5) is 10.1. The van der Waals surface area contributed by atoms with Gasteiger partial charge in [-0.25, -0.2) is 0 Å². The van der Waals surface area contributed by atoms with Crippen molar-refractivity contribution in [1.29, 1.82) is 0 Å². The maximum absolute atomic E-state index is 11.6.